The van der Waals surface area contributed by atoms with Gasteiger partial charge in [0.15, 0.2) is 0 Å². The van der Waals surface area contributed by atoms with E-state index in [2.05, 4.69) is 4.98 Å². The summed E-state index contributed by atoms with van der Waals surface area (Å²) in [7, 11) is -0.379. The maximum atomic E-state index is 9.00. The maximum absolute atomic E-state index is 9.00. The third-order valence-electron chi connectivity index (χ3n) is 4.13. The van der Waals surface area contributed by atoms with Gasteiger partial charge in [0.25, 0.3) is 0 Å². The molecule has 1 atom stereocenters. The van der Waals surface area contributed by atoms with Crippen LogP contribution in [0.4, 0.5) is 0 Å². The van der Waals surface area contributed by atoms with Crippen molar-refractivity contribution >= 4 is 13.2 Å². The van der Waals surface area contributed by atoms with E-state index in [4.69, 9.17) is 20.1 Å². The lowest BCUT2D eigenvalue weighted by Crippen LogP contribution is -2.41. The summed E-state index contributed by atoms with van der Waals surface area (Å²) < 4.78 is 11.8. The van der Waals surface area contributed by atoms with Gasteiger partial charge in [0.2, 0.25) is 0 Å². The molecule has 5 nitrogen and oxygen atoms in total. The van der Waals surface area contributed by atoms with Crippen LogP contribution in [0, 0.1) is 0 Å². The summed E-state index contributed by atoms with van der Waals surface area (Å²) in [6, 6.07) is 3.32. The minimum Gasteiger partial charge on any atom is -0.400 e. The summed E-state index contributed by atoms with van der Waals surface area (Å²) in [5, 5.41) is 9.00. The van der Waals surface area contributed by atoms with Gasteiger partial charge in [0.1, 0.15) is 0 Å². The summed E-state index contributed by atoms with van der Waals surface area (Å²) in [5.41, 5.74) is 6.65. The van der Waals surface area contributed by atoms with E-state index >= 15 is 0 Å². The van der Waals surface area contributed by atoms with Crippen LogP contribution in [0.2, 0.25) is 0 Å². The number of hydrogen-bond donors (Lipinski definition) is 2. The molecule has 0 amide bonds. The van der Waals surface area contributed by atoms with Gasteiger partial charge >= 0.3 is 7.12 Å². The monoisotopic (exact) mass is 290 g/mol. The highest BCUT2D eigenvalue weighted by molar-refractivity contribution is 6.52. The Morgan fingerprint density at radius 2 is 1.90 bits per heavy atom. The average Bonchev–Trinajstić information content (AvgIpc) is 2.64. The third kappa shape index (κ3) is 3.52. The molecule has 0 bridgehead atoms. The number of nitrogens with two attached hydrogens (primary N) is 1. The van der Waals surface area contributed by atoms with Gasteiger partial charge in [0.05, 0.1) is 29.5 Å². The molecule has 0 unspecified atom stereocenters. The molecule has 3 N–H and O–H groups in total. The van der Waals surface area contributed by atoms with E-state index in [-0.39, 0.29) is 24.9 Å². The highest BCUT2D eigenvalue weighted by Crippen LogP contribution is 2.36. The smallest absolute Gasteiger partial charge is 0.400 e. The van der Waals surface area contributed by atoms with Crippen molar-refractivity contribution in [1.82, 2.24) is 4.98 Å². The molecule has 1 fully saturated rings. The molecule has 2 rings (SSSR count). The summed E-state index contributed by atoms with van der Waals surface area (Å²) in [4.78, 5) is 4.29. The van der Waals surface area contributed by atoms with Crippen molar-refractivity contribution in [2.24, 2.45) is 5.73 Å². The molecule has 114 valence electrons. The van der Waals surface area contributed by atoms with E-state index in [1.165, 1.54) is 0 Å². The first-order chi connectivity index (χ1) is 9.75. The molecule has 2 heterocycles. The molecule has 1 aromatic heterocycles. The van der Waals surface area contributed by atoms with Gasteiger partial charge in [-0.25, -0.2) is 0 Å². The zero-order valence-electron chi connectivity index (χ0n) is 13.0. The van der Waals surface area contributed by atoms with Crippen LogP contribution < -0.4 is 5.73 Å². The summed E-state index contributed by atoms with van der Waals surface area (Å²) >= 11 is 0. The second-order valence-electron chi connectivity index (χ2n) is 6.29. The number of hydrogen-bond acceptors (Lipinski definition) is 5. The number of aromatic nitrogens is 1. The topological polar surface area (TPSA) is 77.6 Å². The number of nitrogens with zero attached hydrogens (tertiary/aromatic N) is 1. The lowest BCUT2D eigenvalue weighted by molar-refractivity contribution is 0.00578. The Bertz CT molecular complexity index is 498. The number of aliphatic hydroxyl groups is 1. The van der Waals surface area contributed by atoms with Crippen molar-refractivity contribution in [3.63, 3.8) is 0 Å². The minimum atomic E-state index is -0.390. The van der Waals surface area contributed by atoms with Crippen molar-refractivity contribution in [3.05, 3.63) is 35.6 Å². The Morgan fingerprint density at radius 3 is 2.38 bits per heavy atom. The van der Waals surface area contributed by atoms with Gasteiger partial charge in [-0.3, -0.25) is 4.98 Å². The SMILES string of the molecule is CC1(C)OB(/C=C/c2ccc([C@@H](N)CO)cn2)OC1(C)C. The van der Waals surface area contributed by atoms with Gasteiger partial charge in [-0.05, 0) is 45.4 Å². The first kappa shape index (κ1) is 16.2. The van der Waals surface area contributed by atoms with Crippen LogP contribution in [0.3, 0.4) is 0 Å². The number of pyridine rings is 1. The van der Waals surface area contributed by atoms with E-state index in [1.54, 1.807) is 6.20 Å². The predicted octanol–water partition coefficient (Wildman–Crippen LogP) is 1.72. The van der Waals surface area contributed by atoms with Crippen LogP contribution in [0.5, 0.6) is 0 Å². The average molecular weight is 290 g/mol. The van der Waals surface area contributed by atoms with Crippen LogP contribution in [0.1, 0.15) is 45.0 Å². The largest absolute Gasteiger partial charge is 0.487 e. The van der Waals surface area contributed by atoms with Crippen molar-refractivity contribution < 1.29 is 14.4 Å². The molecule has 0 saturated carbocycles. The molecule has 0 spiro atoms. The third-order valence-corrected chi connectivity index (χ3v) is 4.13. The Labute approximate surface area is 126 Å². The summed E-state index contributed by atoms with van der Waals surface area (Å²) in [5.74, 6) is 1.85. The van der Waals surface area contributed by atoms with Crippen molar-refractivity contribution in [2.45, 2.75) is 44.9 Å². The molecule has 21 heavy (non-hydrogen) atoms. The standard InChI is InChI=1S/C15H23BN2O3/c1-14(2)15(3,4)21-16(20-14)8-7-12-6-5-11(9-18-12)13(17)10-19/h5-9,13,19H,10,17H2,1-4H3/b8-7+/t13-/m0/s1. The Morgan fingerprint density at radius 1 is 1.29 bits per heavy atom. The highest BCUT2D eigenvalue weighted by atomic mass is 16.7. The highest BCUT2D eigenvalue weighted by Gasteiger charge is 2.49. The predicted molar refractivity (Wildman–Crippen MR) is 83.4 cm³/mol. The molecule has 1 aliphatic rings. The molecule has 0 aromatic carbocycles. The zero-order chi connectivity index (χ0) is 15.7. The molecule has 0 radical (unpaired) electrons. The molecular formula is C15H23BN2O3. The normalized spacial score (nSPS) is 21.9. The van der Waals surface area contributed by atoms with Crippen LogP contribution in [0.15, 0.2) is 24.3 Å². The Balaban J connectivity index is 2.03. The Kier molecular flexibility index (Phi) is 4.53. The lowest BCUT2D eigenvalue weighted by atomic mass is 9.89. The summed E-state index contributed by atoms with van der Waals surface area (Å²) in [6.07, 6.45) is 3.53. The molecule has 6 heteroatoms. The van der Waals surface area contributed by atoms with Gasteiger partial charge in [-0.2, -0.15) is 0 Å². The fourth-order valence-electron chi connectivity index (χ4n) is 1.98. The quantitative estimate of drug-likeness (QED) is 0.826. The second-order valence-corrected chi connectivity index (χ2v) is 6.29. The molecule has 1 saturated heterocycles. The van der Waals surface area contributed by atoms with E-state index in [1.807, 2.05) is 51.9 Å². The second kappa shape index (κ2) is 5.89. The molecule has 1 aromatic rings. The van der Waals surface area contributed by atoms with E-state index in [9.17, 15) is 0 Å². The van der Waals surface area contributed by atoms with Gasteiger partial charge in [0, 0.05) is 6.20 Å². The van der Waals surface area contributed by atoms with Crippen LogP contribution in [-0.4, -0.2) is 35.0 Å². The van der Waals surface area contributed by atoms with Gasteiger partial charge in [-0.15, -0.1) is 0 Å². The van der Waals surface area contributed by atoms with Crippen molar-refractivity contribution in [3.8, 4) is 0 Å². The van der Waals surface area contributed by atoms with E-state index in [0.717, 1.165) is 11.3 Å². The fourth-order valence-corrected chi connectivity index (χ4v) is 1.98. The lowest BCUT2D eigenvalue weighted by Gasteiger charge is -2.32. The molecule has 1 aliphatic heterocycles. The minimum absolute atomic E-state index is 0.0925. The molecular weight excluding hydrogens is 267 g/mol. The fraction of sp³-hybridized carbons (Fsp3) is 0.533. The van der Waals surface area contributed by atoms with Crippen molar-refractivity contribution in [2.75, 3.05) is 6.61 Å². The Hall–Kier alpha value is -1.21. The van der Waals surface area contributed by atoms with Crippen LogP contribution in [-0.2, 0) is 9.31 Å². The number of aliphatic hydroxyl groups excluding tert-OH is 1. The summed E-state index contributed by atoms with van der Waals surface area (Å²) in [6.45, 7) is 7.98. The first-order valence-electron chi connectivity index (χ1n) is 7.11. The van der Waals surface area contributed by atoms with Gasteiger partial charge in [-0.1, -0.05) is 12.0 Å². The van der Waals surface area contributed by atoms with Crippen LogP contribution in [0.25, 0.3) is 6.08 Å². The molecule has 0 aliphatic carbocycles. The van der Waals surface area contributed by atoms with Gasteiger partial charge < -0.3 is 20.1 Å². The number of rotatable bonds is 4. The van der Waals surface area contributed by atoms with Crippen LogP contribution >= 0.6 is 0 Å². The zero-order valence-corrected chi connectivity index (χ0v) is 13.0. The van der Waals surface area contributed by atoms with Crippen molar-refractivity contribution in [1.29, 1.82) is 0 Å². The van der Waals surface area contributed by atoms with E-state index < -0.39 is 6.04 Å². The first-order valence-corrected chi connectivity index (χ1v) is 7.11. The maximum Gasteiger partial charge on any atom is 0.487 e. The van der Waals surface area contributed by atoms with E-state index in [0.29, 0.717) is 0 Å².